The van der Waals surface area contributed by atoms with Gasteiger partial charge in [0.25, 0.3) is 0 Å². The van der Waals surface area contributed by atoms with Gasteiger partial charge in [-0.25, -0.2) is 19.6 Å². The van der Waals surface area contributed by atoms with E-state index in [1.165, 1.54) is 12.1 Å². The number of carboxylic acids is 1. The van der Waals surface area contributed by atoms with E-state index >= 15 is 0 Å². The van der Waals surface area contributed by atoms with Crippen LogP contribution in [0.3, 0.4) is 0 Å². The van der Waals surface area contributed by atoms with Gasteiger partial charge in [0.15, 0.2) is 18.2 Å². The number of benzene rings is 1. The summed E-state index contributed by atoms with van der Waals surface area (Å²) in [5.74, 6) is -1.04. The van der Waals surface area contributed by atoms with Crippen LogP contribution in [0, 0.1) is 30.6 Å². The van der Waals surface area contributed by atoms with E-state index in [9.17, 15) is 14.7 Å². The van der Waals surface area contributed by atoms with Crippen molar-refractivity contribution in [2.45, 2.75) is 90.3 Å². The number of ether oxygens (including phenoxy) is 4. The Morgan fingerprint density at radius 1 is 1.16 bits per heavy atom. The van der Waals surface area contributed by atoms with Crippen molar-refractivity contribution in [3.8, 4) is 5.75 Å². The van der Waals surface area contributed by atoms with Crippen molar-refractivity contribution in [2.24, 2.45) is 23.7 Å². The summed E-state index contributed by atoms with van der Waals surface area (Å²) in [6.45, 7) is 8.84. The van der Waals surface area contributed by atoms with E-state index in [2.05, 4.69) is 24.1 Å². The molecule has 1 aromatic heterocycles. The first-order valence-corrected chi connectivity index (χ1v) is 15.2. The number of hydrogen-bond donors (Lipinski definition) is 2. The van der Waals surface area contributed by atoms with E-state index in [-0.39, 0.29) is 48.1 Å². The molecule has 4 saturated heterocycles. The van der Waals surface area contributed by atoms with Crippen molar-refractivity contribution in [2.75, 3.05) is 18.5 Å². The third-order valence-electron chi connectivity index (χ3n) is 9.66. The van der Waals surface area contributed by atoms with Gasteiger partial charge in [-0.15, -0.1) is 0 Å². The van der Waals surface area contributed by atoms with Crippen molar-refractivity contribution in [1.82, 2.24) is 9.55 Å². The lowest BCUT2D eigenvalue weighted by molar-refractivity contribution is -0.577. The van der Waals surface area contributed by atoms with E-state index in [4.69, 9.17) is 28.7 Å². The normalized spacial score (nSPS) is 34.7. The summed E-state index contributed by atoms with van der Waals surface area (Å²) < 4.78 is 26.7. The molecule has 0 radical (unpaired) electrons. The predicted octanol–water partition coefficient (Wildman–Crippen LogP) is 4.52. The number of aromatic carboxylic acids is 1. The second kappa shape index (κ2) is 11.8. The number of carbonyl (C=O) groups is 2. The van der Waals surface area contributed by atoms with Gasteiger partial charge in [-0.2, -0.15) is 0 Å². The number of nitrogens with zero attached hydrogens (tertiary/aromatic N) is 2. The zero-order chi connectivity index (χ0) is 30.4. The number of amides is 1. The van der Waals surface area contributed by atoms with Gasteiger partial charge >= 0.3 is 5.97 Å². The van der Waals surface area contributed by atoms with Crippen molar-refractivity contribution in [1.29, 1.82) is 0 Å². The van der Waals surface area contributed by atoms with E-state index in [0.717, 1.165) is 31.4 Å². The van der Waals surface area contributed by atoms with Crippen LogP contribution in [0.25, 0.3) is 0 Å². The number of aromatic nitrogens is 2. The number of hydrogen-bond acceptors (Lipinski definition) is 9. The van der Waals surface area contributed by atoms with Crippen molar-refractivity contribution >= 4 is 17.6 Å². The summed E-state index contributed by atoms with van der Waals surface area (Å²) in [7, 11) is 0. The van der Waals surface area contributed by atoms with Crippen molar-refractivity contribution in [3.05, 3.63) is 42.0 Å². The molecule has 8 atom stereocenters. The summed E-state index contributed by atoms with van der Waals surface area (Å²) in [5.41, 5.74) is 0.672. The molecule has 2 bridgehead atoms. The zero-order valence-electron chi connectivity index (χ0n) is 25.1. The topological polar surface area (TPSA) is 140 Å². The fourth-order valence-electron chi connectivity index (χ4n) is 7.31. The van der Waals surface area contributed by atoms with E-state index in [1.807, 2.05) is 13.8 Å². The highest BCUT2D eigenvalue weighted by atomic mass is 17.3. The average Bonchev–Trinajstić information content (AvgIpc) is 3.22. The van der Waals surface area contributed by atoms with Gasteiger partial charge in [0.05, 0.1) is 19.5 Å². The van der Waals surface area contributed by atoms with Gasteiger partial charge in [0.1, 0.15) is 17.9 Å². The first kappa shape index (κ1) is 30.0. The molecule has 2 aromatic rings. The molecule has 4 aliphatic heterocycles. The second-order valence-electron chi connectivity index (χ2n) is 12.6. The van der Waals surface area contributed by atoms with Crippen LogP contribution in [0.15, 0.2) is 30.7 Å². The Kier molecular flexibility index (Phi) is 8.24. The lowest BCUT2D eigenvalue weighted by Crippen LogP contribution is -2.70. The van der Waals surface area contributed by atoms with Crippen molar-refractivity contribution in [3.63, 3.8) is 0 Å². The molecule has 2 N–H and O–H groups in total. The first-order valence-electron chi connectivity index (χ1n) is 15.2. The maximum atomic E-state index is 12.5. The Morgan fingerprint density at radius 2 is 2.00 bits per heavy atom. The Hall–Kier alpha value is -3.03. The predicted molar refractivity (Wildman–Crippen MR) is 152 cm³/mol. The Labute approximate surface area is 250 Å². The fourth-order valence-corrected chi connectivity index (χ4v) is 7.31. The number of aryl methyl sites for hydroxylation is 1. The number of fused-ring (bicyclic) bond motifs is 2. The average molecular weight is 600 g/mol. The van der Waals surface area contributed by atoms with Gasteiger partial charge in [-0.1, -0.05) is 13.8 Å². The van der Waals surface area contributed by atoms with Crippen molar-refractivity contribution < 1.29 is 43.4 Å². The summed E-state index contributed by atoms with van der Waals surface area (Å²) in [5, 5.41) is 12.4. The summed E-state index contributed by atoms with van der Waals surface area (Å²) in [4.78, 5) is 40.4. The molecule has 43 heavy (non-hydrogen) atoms. The van der Waals surface area contributed by atoms with Crippen LogP contribution in [0.2, 0.25) is 0 Å². The lowest BCUT2D eigenvalue weighted by Gasteiger charge is -2.60. The summed E-state index contributed by atoms with van der Waals surface area (Å²) in [6.07, 6.45) is 6.52. The molecule has 1 saturated carbocycles. The Balaban J connectivity index is 1.05. The van der Waals surface area contributed by atoms with Gasteiger partial charge in [0.2, 0.25) is 11.7 Å². The number of imidazole rings is 1. The van der Waals surface area contributed by atoms with E-state index in [1.54, 1.807) is 23.2 Å². The van der Waals surface area contributed by atoms with Gasteiger partial charge in [-0.3, -0.25) is 4.79 Å². The molecule has 1 aliphatic carbocycles. The highest BCUT2D eigenvalue weighted by molar-refractivity contribution is 5.94. The number of anilines is 1. The molecule has 5 heterocycles. The van der Waals surface area contributed by atoms with Crippen LogP contribution in [0.5, 0.6) is 5.75 Å². The van der Waals surface area contributed by atoms with Crippen LogP contribution in [0.4, 0.5) is 5.69 Å². The summed E-state index contributed by atoms with van der Waals surface area (Å²) >= 11 is 0. The van der Waals surface area contributed by atoms with Gasteiger partial charge < -0.3 is 33.9 Å². The highest BCUT2D eigenvalue weighted by Crippen LogP contribution is 2.60. The van der Waals surface area contributed by atoms with Gasteiger partial charge in [-0.05, 0) is 57.1 Å². The third-order valence-corrected chi connectivity index (χ3v) is 9.66. The molecule has 5 fully saturated rings. The highest BCUT2D eigenvalue weighted by Gasteiger charge is 2.69. The zero-order valence-corrected chi connectivity index (χ0v) is 25.1. The largest absolute Gasteiger partial charge is 0.493 e. The minimum Gasteiger partial charge on any atom is -0.493 e. The molecule has 1 aromatic carbocycles. The SMILES string of the molecule is Cc1cncn1CC(=O)Nc1ccc(C(=O)O)c(OCCCO[C@H]2O[C@@H]3O[C@@]4(C)CCC5[C@H](C)CC[C@@H]([C@H]2C)[C@]53OO4)c1. The van der Waals surface area contributed by atoms with Crippen LogP contribution in [-0.4, -0.2) is 63.7 Å². The molecule has 1 spiro atoms. The van der Waals surface area contributed by atoms with Crippen LogP contribution in [-0.2, 0) is 35.3 Å². The molecule has 1 amide bonds. The second-order valence-corrected chi connectivity index (χ2v) is 12.6. The molecule has 12 nitrogen and oxygen atoms in total. The van der Waals surface area contributed by atoms with Crippen LogP contribution >= 0.6 is 0 Å². The number of rotatable bonds is 10. The Bertz CT molecular complexity index is 1350. The molecule has 5 aliphatic rings. The van der Waals surface area contributed by atoms with Crippen LogP contribution in [0.1, 0.15) is 68.9 Å². The first-order chi connectivity index (χ1) is 20.6. The molecular weight excluding hydrogens is 558 g/mol. The Morgan fingerprint density at radius 3 is 2.77 bits per heavy atom. The minimum absolute atomic E-state index is 0.0104. The summed E-state index contributed by atoms with van der Waals surface area (Å²) in [6, 6.07) is 4.49. The quantitative estimate of drug-likeness (QED) is 0.296. The molecule has 12 heteroatoms. The van der Waals surface area contributed by atoms with Gasteiger partial charge in [0, 0.05) is 48.3 Å². The van der Waals surface area contributed by atoms with E-state index < -0.39 is 29.9 Å². The smallest absolute Gasteiger partial charge is 0.339 e. The maximum absolute atomic E-state index is 12.5. The molecule has 1 unspecified atom stereocenters. The fraction of sp³-hybridized carbons (Fsp3) is 0.645. The molecular formula is C31H41N3O9. The maximum Gasteiger partial charge on any atom is 0.339 e. The standard InChI is InChI=1S/C31H41N3O9/c1-18-6-9-24-20(3)28(40-29-31(24)23(18)10-11-30(4,41-29)42-43-31)39-13-5-12-38-25-14-21(7-8-22(25)27(36)37)33-26(35)16-34-17-32-15-19(34)2/h7-8,14-15,17-18,20,23-24,28-29H,5-6,9-13,16H2,1-4H3,(H,33,35)(H,36,37)/t18-,20-,23?,24+,28+,29-,30-,31-/m1/s1. The molecule has 7 rings (SSSR count). The monoisotopic (exact) mass is 599 g/mol. The lowest BCUT2D eigenvalue weighted by atomic mass is 9.58. The molecule has 234 valence electrons. The minimum atomic E-state index is -1.12. The third kappa shape index (κ3) is 5.66. The number of carboxylic acid groups (broad SMARTS) is 1. The number of nitrogens with one attached hydrogen (secondary N) is 1. The number of carbonyl (C=O) groups excluding carboxylic acids is 1. The van der Waals surface area contributed by atoms with E-state index in [0.29, 0.717) is 24.6 Å². The van der Waals surface area contributed by atoms with Crippen LogP contribution < -0.4 is 10.1 Å².